The third kappa shape index (κ3) is 7.81. The quantitative estimate of drug-likeness (QED) is 0.559. The summed E-state index contributed by atoms with van der Waals surface area (Å²) in [5, 5.41) is 2.86. The lowest BCUT2D eigenvalue weighted by atomic mass is 10.1. The summed E-state index contributed by atoms with van der Waals surface area (Å²) in [5.41, 5.74) is 2.47. The Bertz CT molecular complexity index is 921. The topological polar surface area (TPSA) is 67.9 Å². The van der Waals surface area contributed by atoms with Crippen LogP contribution in [0.25, 0.3) is 6.08 Å². The van der Waals surface area contributed by atoms with E-state index in [1.807, 2.05) is 49.4 Å². The fourth-order valence-corrected chi connectivity index (χ4v) is 2.93. The fourth-order valence-electron chi connectivity index (χ4n) is 2.93. The lowest BCUT2D eigenvalue weighted by molar-refractivity contribution is -0.129. The number of hydrogen-bond donors (Lipinski definition) is 1. The molecule has 2 aromatic rings. The largest absolute Gasteiger partial charge is 0.493 e. The zero-order valence-corrected chi connectivity index (χ0v) is 19.0. The Morgan fingerprint density at radius 3 is 2.55 bits per heavy atom. The first-order valence-electron chi connectivity index (χ1n) is 10.5. The number of rotatable bonds is 10. The molecule has 0 heterocycles. The molecule has 0 aromatic heterocycles. The van der Waals surface area contributed by atoms with Gasteiger partial charge >= 0.3 is 0 Å². The van der Waals surface area contributed by atoms with Gasteiger partial charge in [0.1, 0.15) is 0 Å². The number of amides is 2. The molecule has 6 heteroatoms. The van der Waals surface area contributed by atoms with Gasteiger partial charge in [-0.25, -0.2) is 0 Å². The van der Waals surface area contributed by atoms with Gasteiger partial charge in [0.15, 0.2) is 11.5 Å². The number of anilines is 1. The number of benzene rings is 2. The van der Waals surface area contributed by atoms with Crippen LogP contribution < -0.4 is 14.8 Å². The SMILES string of the molecule is CCN(Cc1cccc(NC(=O)/C=C/c2ccc(OCC(C)C)c(OC)c2)c1)C(C)=O. The molecule has 0 aliphatic carbocycles. The van der Waals surface area contributed by atoms with Crippen LogP contribution in [-0.2, 0) is 16.1 Å². The molecular weight excluding hydrogens is 392 g/mol. The van der Waals surface area contributed by atoms with Crippen molar-refractivity contribution in [3.8, 4) is 11.5 Å². The number of nitrogens with one attached hydrogen (secondary N) is 1. The van der Waals surface area contributed by atoms with Crippen molar-refractivity contribution in [2.45, 2.75) is 34.2 Å². The van der Waals surface area contributed by atoms with E-state index in [-0.39, 0.29) is 11.8 Å². The highest BCUT2D eigenvalue weighted by Crippen LogP contribution is 2.29. The average molecular weight is 425 g/mol. The molecule has 0 saturated carbocycles. The van der Waals surface area contributed by atoms with Crippen molar-refractivity contribution in [2.75, 3.05) is 25.6 Å². The second-order valence-corrected chi connectivity index (χ2v) is 7.67. The Hall–Kier alpha value is -3.28. The molecule has 166 valence electrons. The summed E-state index contributed by atoms with van der Waals surface area (Å²) < 4.78 is 11.2. The zero-order valence-electron chi connectivity index (χ0n) is 19.0. The normalized spacial score (nSPS) is 10.9. The molecule has 2 amide bonds. The second-order valence-electron chi connectivity index (χ2n) is 7.67. The van der Waals surface area contributed by atoms with Crippen molar-refractivity contribution >= 4 is 23.6 Å². The maximum atomic E-state index is 12.4. The van der Waals surface area contributed by atoms with Gasteiger partial charge in [0.2, 0.25) is 11.8 Å². The molecule has 0 atom stereocenters. The molecule has 1 N–H and O–H groups in total. The minimum atomic E-state index is -0.241. The first-order valence-corrected chi connectivity index (χ1v) is 10.5. The maximum absolute atomic E-state index is 12.4. The van der Waals surface area contributed by atoms with E-state index in [1.54, 1.807) is 25.0 Å². The van der Waals surface area contributed by atoms with Crippen LogP contribution in [0.2, 0.25) is 0 Å². The van der Waals surface area contributed by atoms with Crippen molar-refractivity contribution in [3.63, 3.8) is 0 Å². The summed E-state index contributed by atoms with van der Waals surface area (Å²) >= 11 is 0. The third-order valence-corrected chi connectivity index (χ3v) is 4.58. The van der Waals surface area contributed by atoms with E-state index in [0.29, 0.717) is 42.8 Å². The van der Waals surface area contributed by atoms with Gasteiger partial charge in [-0.3, -0.25) is 9.59 Å². The van der Waals surface area contributed by atoms with E-state index in [9.17, 15) is 9.59 Å². The molecule has 0 bridgehead atoms. The monoisotopic (exact) mass is 424 g/mol. The predicted octanol–water partition coefficient (Wildman–Crippen LogP) is 4.75. The van der Waals surface area contributed by atoms with Crippen molar-refractivity contribution in [1.29, 1.82) is 0 Å². The summed E-state index contributed by atoms with van der Waals surface area (Å²) in [6.45, 7) is 9.42. The molecule has 6 nitrogen and oxygen atoms in total. The molecule has 2 rings (SSSR count). The Balaban J connectivity index is 2.02. The van der Waals surface area contributed by atoms with E-state index < -0.39 is 0 Å². The third-order valence-electron chi connectivity index (χ3n) is 4.58. The molecule has 0 unspecified atom stereocenters. The van der Waals surface area contributed by atoms with E-state index in [4.69, 9.17) is 9.47 Å². The number of methoxy groups -OCH3 is 1. The zero-order chi connectivity index (χ0) is 22.8. The van der Waals surface area contributed by atoms with Crippen molar-refractivity contribution in [2.24, 2.45) is 5.92 Å². The van der Waals surface area contributed by atoms with Crippen LogP contribution in [0, 0.1) is 5.92 Å². The van der Waals surface area contributed by atoms with Crippen LogP contribution in [0.15, 0.2) is 48.5 Å². The number of ether oxygens (including phenoxy) is 2. The number of carbonyl (C=O) groups is 2. The molecule has 0 fully saturated rings. The highest BCUT2D eigenvalue weighted by Gasteiger charge is 2.08. The molecular formula is C25H32N2O4. The molecule has 0 aliphatic heterocycles. The summed E-state index contributed by atoms with van der Waals surface area (Å²) in [5.74, 6) is 1.51. The van der Waals surface area contributed by atoms with Crippen LogP contribution in [0.1, 0.15) is 38.8 Å². The molecule has 0 aliphatic rings. The number of hydrogen-bond acceptors (Lipinski definition) is 4. The van der Waals surface area contributed by atoms with Gasteiger partial charge in [-0.05, 0) is 54.3 Å². The van der Waals surface area contributed by atoms with Gasteiger partial charge in [-0.1, -0.05) is 32.0 Å². The highest BCUT2D eigenvalue weighted by molar-refractivity contribution is 6.02. The fraction of sp³-hybridized carbons (Fsp3) is 0.360. The van der Waals surface area contributed by atoms with Crippen molar-refractivity contribution in [3.05, 3.63) is 59.7 Å². The van der Waals surface area contributed by atoms with Crippen molar-refractivity contribution < 1.29 is 19.1 Å². The molecule has 31 heavy (non-hydrogen) atoms. The molecule has 2 aromatic carbocycles. The van der Waals surface area contributed by atoms with Crippen LogP contribution in [-0.4, -0.2) is 37.0 Å². The summed E-state index contributed by atoms with van der Waals surface area (Å²) in [4.78, 5) is 25.7. The average Bonchev–Trinajstić information content (AvgIpc) is 2.74. The van der Waals surface area contributed by atoms with Crippen LogP contribution >= 0.6 is 0 Å². The molecule has 0 spiro atoms. The second kappa shape index (κ2) is 11.8. The summed E-state index contributed by atoms with van der Waals surface area (Å²) in [6.07, 6.45) is 3.20. The van der Waals surface area contributed by atoms with E-state index in [0.717, 1.165) is 11.1 Å². The summed E-state index contributed by atoms with van der Waals surface area (Å²) in [6, 6.07) is 13.1. The Labute approximate surface area is 184 Å². The number of carbonyl (C=O) groups excluding carboxylic acids is 2. The Kier molecular flexibility index (Phi) is 9.13. The van der Waals surface area contributed by atoms with Crippen LogP contribution in [0.4, 0.5) is 5.69 Å². The van der Waals surface area contributed by atoms with Gasteiger partial charge < -0.3 is 19.7 Å². The molecule has 0 saturated heterocycles. The Morgan fingerprint density at radius 2 is 1.90 bits per heavy atom. The smallest absolute Gasteiger partial charge is 0.248 e. The van der Waals surface area contributed by atoms with Crippen LogP contribution in [0.5, 0.6) is 11.5 Å². The minimum Gasteiger partial charge on any atom is -0.493 e. The van der Waals surface area contributed by atoms with E-state index in [2.05, 4.69) is 19.2 Å². The van der Waals surface area contributed by atoms with Gasteiger partial charge in [-0.15, -0.1) is 0 Å². The maximum Gasteiger partial charge on any atom is 0.248 e. The lowest BCUT2D eigenvalue weighted by Gasteiger charge is -2.19. The van der Waals surface area contributed by atoms with Crippen LogP contribution in [0.3, 0.4) is 0 Å². The van der Waals surface area contributed by atoms with Gasteiger partial charge in [0.25, 0.3) is 0 Å². The molecule has 0 radical (unpaired) electrons. The van der Waals surface area contributed by atoms with Crippen molar-refractivity contribution in [1.82, 2.24) is 4.90 Å². The minimum absolute atomic E-state index is 0.0240. The van der Waals surface area contributed by atoms with Gasteiger partial charge in [0, 0.05) is 31.8 Å². The summed E-state index contributed by atoms with van der Waals surface area (Å²) in [7, 11) is 1.59. The number of nitrogens with zero attached hydrogens (tertiary/aromatic N) is 1. The Morgan fingerprint density at radius 1 is 1.13 bits per heavy atom. The first kappa shape index (κ1) is 24.0. The predicted molar refractivity (Wildman–Crippen MR) is 124 cm³/mol. The van der Waals surface area contributed by atoms with Gasteiger partial charge in [-0.2, -0.15) is 0 Å². The first-order chi connectivity index (χ1) is 14.8. The lowest BCUT2D eigenvalue weighted by Crippen LogP contribution is -2.27. The highest BCUT2D eigenvalue weighted by atomic mass is 16.5. The van der Waals surface area contributed by atoms with Gasteiger partial charge in [0.05, 0.1) is 13.7 Å². The standard InChI is InChI=1S/C25H32N2O4/c1-6-27(19(4)28)16-21-8-7-9-22(14-21)26-25(29)13-11-20-10-12-23(24(15-20)30-5)31-17-18(2)3/h7-15,18H,6,16-17H2,1-5H3,(H,26,29)/b13-11+. The van der Waals surface area contributed by atoms with E-state index in [1.165, 1.54) is 6.08 Å². The van der Waals surface area contributed by atoms with E-state index >= 15 is 0 Å².